The maximum atomic E-state index is 5.80. The second kappa shape index (κ2) is 5.14. The number of para-hydroxylation sites is 1. The zero-order valence-electron chi connectivity index (χ0n) is 7.99. The Balaban J connectivity index is 2.58. The molecule has 0 aliphatic heterocycles. The predicted octanol–water partition coefficient (Wildman–Crippen LogP) is 2.40. The van der Waals surface area contributed by atoms with E-state index in [1.54, 1.807) is 18.9 Å². The molecule has 0 aliphatic carbocycles. The number of hydrogen-bond acceptors (Lipinski definition) is 3. The smallest absolute Gasteiger partial charge is 0.0582 e. The van der Waals surface area contributed by atoms with Gasteiger partial charge in [0.15, 0.2) is 0 Å². The fraction of sp³-hybridized carbons (Fsp3) is 0.400. The summed E-state index contributed by atoms with van der Waals surface area (Å²) in [4.78, 5) is 1.13. The van der Waals surface area contributed by atoms with E-state index in [1.807, 2.05) is 24.3 Å². The summed E-state index contributed by atoms with van der Waals surface area (Å²) in [7, 11) is 1.71. The molecule has 1 unspecified atom stereocenters. The van der Waals surface area contributed by atoms with E-state index in [2.05, 4.69) is 6.92 Å². The quantitative estimate of drug-likeness (QED) is 0.594. The van der Waals surface area contributed by atoms with E-state index in [4.69, 9.17) is 10.5 Å². The Kier molecular flexibility index (Phi) is 4.12. The second-order valence-electron chi connectivity index (χ2n) is 2.92. The highest BCUT2D eigenvalue weighted by Gasteiger charge is 2.05. The van der Waals surface area contributed by atoms with E-state index in [-0.39, 0.29) is 0 Å². The van der Waals surface area contributed by atoms with E-state index < -0.39 is 0 Å². The Morgan fingerprint density at radius 3 is 2.77 bits per heavy atom. The highest BCUT2D eigenvalue weighted by atomic mass is 32.2. The summed E-state index contributed by atoms with van der Waals surface area (Å²) in [6.45, 7) is 2.87. The average molecular weight is 197 g/mol. The van der Waals surface area contributed by atoms with E-state index in [1.165, 1.54) is 0 Å². The number of hydrogen-bond donors (Lipinski definition) is 1. The number of rotatable bonds is 4. The Bertz CT molecular complexity index is 265. The lowest BCUT2D eigenvalue weighted by Gasteiger charge is -2.11. The molecule has 2 N–H and O–H groups in total. The molecule has 0 aliphatic rings. The van der Waals surface area contributed by atoms with Gasteiger partial charge in [0.2, 0.25) is 0 Å². The lowest BCUT2D eigenvalue weighted by Crippen LogP contribution is -2.05. The van der Waals surface area contributed by atoms with Crippen molar-refractivity contribution in [3.05, 3.63) is 24.3 Å². The molecule has 0 fully saturated rings. The van der Waals surface area contributed by atoms with Crippen molar-refractivity contribution in [2.24, 2.45) is 0 Å². The van der Waals surface area contributed by atoms with E-state index in [0.717, 1.165) is 17.2 Å². The first-order valence-electron chi connectivity index (χ1n) is 4.24. The van der Waals surface area contributed by atoms with Crippen molar-refractivity contribution in [1.29, 1.82) is 0 Å². The van der Waals surface area contributed by atoms with Crippen LogP contribution in [0.15, 0.2) is 29.2 Å². The number of methoxy groups -OCH3 is 1. The van der Waals surface area contributed by atoms with Gasteiger partial charge in [-0.25, -0.2) is 0 Å². The maximum Gasteiger partial charge on any atom is 0.0582 e. The minimum absolute atomic E-state index is 0.440. The molecule has 3 heteroatoms. The summed E-state index contributed by atoms with van der Waals surface area (Å²) in [6, 6.07) is 7.90. The summed E-state index contributed by atoms with van der Waals surface area (Å²) in [5.74, 6) is 0. The Hall–Kier alpha value is -0.670. The van der Waals surface area contributed by atoms with Crippen LogP contribution >= 0.6 is 11.8 Å². The number of nitrogens with two attached hydrogens (primary N) is 1. The molecule has 72 valence electrons. The van der Waals surface area contributed by atoms with Crippen LogP contribution in [-0.4, -0.2) is 19.0 Å². The van der Waals surface area contributed by atoms with E-state index >= 15 is 0 Å². The van der Waals surface area contributed by atoms with Gasteiger partial charge in [0.1, 0.15) is 0 Å². The average Bonchev–Trinajstić information content (AvgIpc) is 2.09. The number of benzene rings is 1. The number of thioether (sulfide) groups is 1. The molecule has 13 heavy (non-hydrogen) atoms. The Labute approximate surface area is 83.5 Å². The SMILES string of the molecule is COCC(C)Sc1ccccc1N. The van der Waals surface area contributed by atoms with Gasteiger partial charge in [-0.3, -0.25) is 0 Å². The van der Waals surface area contributed by atoms with Crippen molar-refractivity contribution in [2.75, 3.05) is 19.5 Å². The molecule has 0 spiro atoms. The molecule has 0 aromatic heterocycles. The van der Waals surface area contributed by atoms with Crippen molar-refractivity contribution in [3.63, 3.8) is 0 Å². The lowest BCUT2D eigenvalue weighted by molar-refractivity contribution is 0.203. The van der Waals surface area contributed by atoms with Gasteiger partial charge in [0.25, 0.3) is 0 Å². The van der Waals surface area contributed by atoms with Crippen molar-refractivity contribution in [3.8, 4) is 0 Å². The van der Waals surface area contributed by atoms with Gasteiger partial charge < -0.3 is 10.5 Å². The first kappa shape index (κ1) is 10.4. The molecule has 1 aromatic carbocycles. The highest BCUT2D eigenvalue weighted by molar-refractivity contribution is 8.00. The molecule has 0 saturated heterocycles. The standard InChI is InChI=1S/C10H15NOS/c1-8(7-12-2)13-10-6-4-3-5-9(10)11/h3-6,8H,7,11H2,1-2H3. The second-order valence-corrected chi connectivity index (χ2v) is 4.40. The molecule has 1 atom stereocenters. The van der Waals surface area contributed by atoms with Gasteiger partial charge in [0, 0.05) is 22.9 Å². The predicted molar refractivity (Wildman–Crippen MR) is 58.0 cm³/mol. The van der Waals surface area contributed by atoms with Crippen LogP contribution in [0, 0.1) is 0 Å². The van der Waals surface area contributed by atoms with E-state index in [0.29, 0.717) is 5.25 Å². The van der Waals surface area contributed by atoms with Crippen LogP contribution in [0.2, 0.25) is 0 Å². The van der Waals surface area contributed by atoms with Crippen LogP contribution in [0.3, 0.4) is 0 Å². The first-order valence-corrected chi connectivity index (χ1v) is 5.12. The van der Waals surface area contributed by atoms with Crippen LogP contribution in [0.25, 0.3) is 0 Å². The Morgan fingerprint density at radius 2 is 2.15 bits per heavy atom. The Morgan fingerprint density at radius 1 is 1.46 bits per heavy atom. The fourth-order valence-corrected chi connectivity index (χ4v) is 2.07. The van der Waals surface area contributed by atoms with Crippen molar-refractivity contribution >= 4 is 17.4 Å². The minimum atomic E-state index is 0.440. The van der Waals surface area contributed by atoms with Gasteiger partial charge >= 0.3 is 0 Å². The van der Waals surface area contributed by atoms with Crippen molar-refractivity contribution in [1.82, 2.24) is 0 Å². The summed E-state index contributed by atoms with van der Waals surface area (Å²) in [6.07, 6.45) is 0. The van der Waals surface area contributed by atoms with Gasteiger partial charge in [-0.1, -0.05) is 19.1 Å². The summed E-state index contributed by atoms with van der Waals surface area (Å²) in [5.41, 5.74) is 6.65. The molecular formula is C10H15NOS. The topological polar surface area (TPSA) is 35.2 Å². The number of nitrogen functional groups attached to an aromatic ring is 1. The summed E-state index contributed by atoms with van der Waals surface area (Å²) < 4.78 is 5.05. The largest absolute Gasteiger partial charge is 0.398 e. The first-order chi connectivity index (χ1) is 6.24. The molecule has 0 saturated carbocycles. The van der Waals surface area contributed by atoms with Gasteiger partial charge in [-0.15, -0.1) is 11.8 Å². The molecular weight excluding hydrogens is 182 g/mol. The van der Waals surface area contributed by atoms with Crippen LogP contribution in [0.4, 0.5) is 5.69 Å². The van der Waals surface area contributed by atoms with Crippen LogP contribution in [0.5, 0.6) is 0 Å². The zero-order chi connectivity index (χ0) is 9.68. The molecule has 0 heterocycles. The zero-order valence-corrected chi connectivity index (χ0v) is 8.80. The monoisotopic (exact) mass is 197 g/mol. The summed E-state index contributed by atoms with van der Waals surface area (Å²) in [5, 5.41) is 0.440. The van der Waals surface area contributed by atoms with Gasteiger partial charge in [-0.2, -0.15) is 0 Å². The molecule has 1 rings (SSSR count). The van der Waals surface area contributed by atoms with Crippen molar-refractivity contribution < 1.29 is 4.74 Å². The van der Waals surface area contributed by atoms with Crippen LogP contribution < -0.4 is 5.73 Å². The van der Waals surface area contributed by atoms with Gasteiger partial charge in [-0.05, 0) is 12.1 Å². The number of ether oxygens (including phenoxy) is 1. The maximum absolute atomic E-state index is 5.80. The van der Waals surface area contributed by atoms with Crippen LogP contribution in [-0.2, 0) is 4.74 Å². The molecule has 0 bridgehead atoms. The molecule has 0 amide bonds. The molecule has 1 aromatic rings. The van der Waals surface area contributed by atoms with Crippen LogP contribution in [0.1, 0.15) is 6.92 Å². The summed E-state index contributed by atoms with van der Waals surface area (Å²) >= 11 is 1.74. The number of anilines is 1. The lowest BCUT2D eigenvalue weighted by atomic mass is 10.3. The molecule has 0 radical (unpaired) electrons. The third-order valence-corrected chi connectivity index (χ3v) is 2.81. The normalized spacial score (nSPS) is 12.8. The van der Waals surface area contributed by atoms with Gasteiger partial charge in [0.05, 0.1) is 6.61 Å². The van der Waals surface area contributed by atoms with Crippen molar-refractivity contribution in [2.45, 2.75) is 17.1 Å². The third-order valence-electron chi connectivity index (χ3n) is 1.65. The fourth-order valence-electron chi connectivity index (χ4n) is 1.07. The third kappa shape index (κ3) is 3.28. The highest BCUT2D eigenvalue weighted by Crippen LogP contribution is 2.28. The van der Waals surface area contributed by atoms with E-state index in [9.17, 15) is 0 Å². The molecule has 2 nitrogen and oxygen atoms in total. The minimum Gasteiger partial charge on any atom is -0.398 e.